The molecule has 4 saturated heterocycles. The van der Waals surface area contributed by atoms with Crippen molar-refractivity contribution in [3.8, 4) is 11.1 Å². The summed E-state index contributed by atoms with van der Waals surface area (Å²) in [6.07, 6.45) is 26.4. The highest BCUT2D eigenvalue weighted by Crippen LogP contribution is 2.51. The van der Waals surface area contributed by atoms with E-state index in [4.69, 9.17) is 37.9 Å². The number of anilines is 6. The van der Waals surface area contributed by atoms with Crippen LogP contribution in [0.2, 0.25) is 0 Å². The molecule has 0 N–H and O–H groups in total. The first-order valence-electron chi connectivity index (χ1n) is 38.4. The number of fused-ring (bicyclic) bond motifs is 3. The Morgan fingerprint density at radius 1 is 0.333 bits per heavy atom. The van der Waals surface area contributed by atoms with Gasteiger partial charge >= 0.3 is 0 Å². The average Bonchev–Trinajstić information content (AvgIpc) is 1.57. The fourth-order valence-corrected chi connectivity index (χ4v) is 16.4. The van der Waals surface area contributed by atoms with Crippen LogP contribution in [0.1, 0.15) is 189 Å². The molecule has 99 heavy (non-hydrogen) atoms. The third-order valence-electron chi connectivity index (χ3n) is 22.6. The van der Waals surface area contributed by atoms with Crippen LogP contribution in [0.15, 0.2) is 131 Å². The van der Waals surface area contributed by atoms with Gasteiger partial charge in [-0.3, -0.25) is 0 Å². The monoisotopic (exact) mass is 1370 g/mol. The van der Waals surface area contributed by atoms with Crippen molar-refractivity contribution in [3.63, 3.8) is 0 Å². The number of nitrogens with zero attached hydrogens (tertiary/aromatic N) is 2. The van der Waals surface area contributed by atoms with Crippen molar-refractivity contribution in [1.82, 2.24) is 0 Å². The molecule has 0 aliphatic carbocycles. The molecule has 0 unspecified atom stereocenters. The highest BCUT2D eigenvalue weighted by molar-refractivity contribution is 7.92. The normalized spacial score (nSPS) is 17.2. The molecule has 0 amide bonds. The van der Waals surface area contributed by atoms with Gasteiger partial charge in [-0.1, -0.05) is 128 Å². The topological polar surface area (TPSA) is 114 Å². The predicted molar refractivity (Wildman–Crippen MR) is 402 cm³/mol. The summed E-state index contributed by atoms with van der Waals surface area (Å²) in [6, 6.07) is 43.9. The first-order valence-corrected chi connectivity index (χ1v) is 39.9. The van der Waals surface area contributed by atoms with Crippen LogP contribution in [0.4, 0.5) is 34.1 Å². The number of ether oxygens (including phenoxy) is 8. The zero-order valence-corrected chi connectivity index (χ0v) is 62.0. The molecule has 5 aliphatic rings. The molecule has 0 aromatic heterocycles. The molecule has 0 atom stereocenters. The van der Waals surface area contributed by atoms with E-state index in [0.717, 1.165) is 316 Å². The smallest absolute Gasteiger partial charge is 0.207 e. The lowest BCUT2D eigenvalue weighted by atomic mass is 9.84. The maximum Gasteiger partial charge on any atom is 0.207 e. The van der Waals surface area contributed by atoms with Gasteiger partial charge in [0.25, 0.3) is 0 Å². The Morgan fingerprint density at radius 2 is 0.566 bits per heavy atom. The quantitative estimate of drug-likeness (QED) is 0.0338. The molecule has 0 spiro atoms. The predicted octanol–water partition coefficient (Wildman–Crippen LogP) is 20.2. The number of sulfone groups is 1. The fourth-order valence-electron chi connectivity index (χ4n) is 14.7. The van der Waals surface area contributed by atoms with Gasteiger partial charge in [-0.05, 0) is 223 Å². The summed E-state index contributed by atoms with van der Waals surface area (Å²) in [4.78, 5) is 5.21. The third kappa shape index (κ3) is 19.2. The lowest BCUT2D eigenvalue weighted by Gasteiger charge is -2.40. The van der Waals surface area contributed by atoms with Gasteiger partial charge in [0.05, 0.1) is 100 Å². The average molecular weight is 1370 g/mol. The second-order valence-electron chi connectivity index (χ2n) is 30.4. The number of benzene rings is 6. The zero-order chi connectivity index (χ0) is 69.0. The van der Waals surface area contributed by atoms with Crippen molar-refractivity contribution < 1.29 is 46.3 Å². The molecule has 13 heteroatoms. The van der Waals surface area contributed by atoms with Crippen LogP contribution in [-0.2, 0) is 73.4 Å². The summed E-state index contributed by atoms with van der Waals surface area (Å²) in [5, 5.41) is 0. The van der Waals surface area contributed by atoms with Crippen LogP contribution in [-0.4, -0.2) is 114 Å². The number of aryl methyl sites for hydroxylation is 6. The van der Waals surface area contributed by atoms with Crippen molar-refractivity contribution in [2.75, 3.05) is 116 Å². The second kappa shape index (κ2) is 36.1. The highest BCUT2D eigenvalue weighted by Gasteiger charge is 2.41. The van der Waals surface area contributed by atoms with Crippen LogP contribution in [0, 0.1) is 35.5 Å². The first kappa shape index (κ1) is 74.7. The van der Waals surface area contributed by atoms with Crippen molar-refractivity contribution in [1.29, 1.82) is 0 Å². The van der Waals surface area contributed by atoms with Gasteiger partial charge in [-0.25, -0.2) is 8.42 Å². The molecule has 6 aromatic rings. The van der Waals surface area contributed by atoms with E-state index < -0.39 is 9.84 Å². The second-order valence-corrected chi connectivity index (χ2v) is 32.2. The fraction of sp³-hybridized carbons (Fsp3) is 0.581. The molecule has 11 rings (SSSR count). The van der Waals surface area contributed by atoms with Crippen molar-refractivity contribution >= 4 is 44.0 Å². The Balaban J connectivity index is 0.789. The summed E-state index contributed by atoms with van der Waals surface area (Å²) in [5.74, 6) is 0. The standard InChI is InChI=1S/C86H118N2O10S/c1-7-83(59-95-60-83)55-91-47-23-15-11-19-27-69-31-39-73(40-32-69)87(74-41-33-70(34-42-74)28-20-12-16-24-48-92-56-84(8-2)61-96-62-84)79-53-81-77(51-67(79)5)78-52-68(6)80(54-82(78)99(81,89)90)88(75-43-35-71(36-44-75)29-21-13-17-25-49-93-57-85(9-3)63-97-64-85)76-45-37-72(38-46-76)30-22-14-18-26-50-94-58-86(10-4)65-98-66-86/h31-46,51-54H,7-30,47-50,55-66H2,1-6H3. The Morgan fingerprint density at radius 3 is 0.778 bits per heavy atom. The van der Waals surface area contributed by atoms with Gasteiger partial charge in [0.2, 0.25) is 9.84 Å². The molecular formula is C86H118N2O10S. The minimum absolute atomic E-state index is 0.230. The maximum absolute atomic E-state index is 15.6. The largest absolute Gasteiger partial charge is 0.381 e. The summed E-state index contributed by atoms with van der Waals surface area (Å²) in [7, 11) is -3.98. The number of rotatable bonds is 46. The molecule has 0 bridgehead atoms. The molecule has 0 saturated carbocycles. The molecule has 538 valence electrons. The summed E-state index contributed by atoms with van der Waals surface area (Å²) in [6.45, 7) is 26.2. The molecule has 0 radical (unpaired) electrons. The summed E-state index contributed by atoms with van der Waals surface area (Å²) < 4.78 is 77.5. The summed E-state index contributed by atoms with van der Waals surface area (Å²) >= 11 is 0. The van der Waals surface area contributed by atoms with Gasteiger partial charge in [-0.15, -0.1) is 0 Å². The van der Waals surface area contributed by atoms with Gasteiger partial charge in [0, 0.05) is 82.0 Å². The lowest BCUT2D eigenvalue weighted by Crippen LogP contribution is -2.45. The van der Waals surface area contributed by atoms with E-state index in [1.54, 1.807) is 0 Å². The first-order chi connectivity index (χ1) is 48.3. The van der Waals surface area contributed by atoms with Gasteiger partial charge in [0.15, 0.2) is 0 Å². The number of hydrogen-bond donors (Lipinski definition) is 0. The molecule has 12 nitrogen and oxygen atoms in total. The Bertz CT molecular complexity index is 3140. The van der Waals surface area contributed by atoms with Crippen molar-refractivity contribution in [2.24, 2.45) is 21.7 Å². The van der Waals surface area contributed by atoms with E-state index in [9.17, 15) is 0 Å². The van der Waals surface area contributed by atoms with Crippen molar-refractivity contribution in [2.45, 2.75) is 205 Å². The van der Waals surface area contributed by atoms with Gasteiger partial charge < -0.3 is 47.7 Å². The van der Waals surface area contributed by atoms with Crippen LogP contribution in [0.3, 0.4) is 0 Å². The molecule has 5 heterocycles. The molecule has 4 fully saturated rings. The van der Waals surface area contributed by atoms with Crippen molar-refractivity contribution in [3.05, 3.63) is 155 Å². The van der Waals surface area contributed by atoms with Gasteiger partial charge in [-0.2, -0.15) is 0 Å². The van der Waals surface area contributed by atoms with E-state index in [0.29, 0.717) is 9.79 Å². The van der Waals surface area contributed by atoms with E-state index in [1.807, 2.05) is 12.1 Å². The SMILES string of the molecule is CCC1(COCCCCCCc2ccc(N(c3ccc(CCCCCCOCC4(CC)COC4)cc3)c3cc4c(cc3C)-c3cc(C)c(N(c5ccc(CCCCCCOCC6(CC)COC6)cc5)c5ccc(CCCCCCOCC6(CC)COC6)cc5)cc3S4(=O)=O)cc2)COC1. The lowest BCUT2D eigenvalue weighted by molar-refractivity contribution is -0.150. The van der Waals surface area contributed by atoms with E-state index in [1.165, 1.54) is 22.3 Å². The Hall–Kier alpha value is -5.45. The highest BCUT2D eigenvalue weighted by atomic mass is 32.2. The molecule has 5 aliphatic heterocycles. The Kier molecular flexibility index (Phi) is 27.3. The number of hydrogen-bond acceptors (Lipinski definition) is 12. The Labute approximate surface area is 595 Å². The molecule has 6 aromatic carbocycles. The minimum Gasteiger partial charge on any atom is -0.381 e. The minimum atomic E-state index is -3.98. The van der Waals surface area contributed by atoms with E-state index in [-0.39, 0.29) is 21.7 Å². The van der Waals surface area contributed by atoms with E-state index >= 15 is 8.42 Å². The van der Waals surface area contributed by atoms with Crippen LogP contribution >= 0.6 is 0 Å². The third-order valence-corrected chi connectivity index (χ3v) is 24.5. The zero-order valence-electron chi connectivity index (χ0n) is 61.2. The molecular weight excluding hydrogens is 1250 g/mol. The summed E-state index contributed by atoms with van der Waals surface area (Å²) in [5.41, 5.74) is 15.3. The van der Waals surface area contributed by atoms with Gasteiger partial charge in [0.1, 0.15) is 0 Å². The van der Waals surface area contributed by atoms with E-state index in [2.05, 4.69) is 161 Å². The maximum atomic E-state index is 15.6. The van der Waals surface area contributed by atoms with Crippen LogP contribution in [0.5, 0.6) is 0 Å². The van der Waals surface area contributed by atoms with Crippen LogP contribution < -0.4 is 9.80 Å². The number of unbranched alkanes of at least 4 members (excludes halogenated alkanes) is 12. The van der Waals surface area contributed by atoms with Crippen LogP contribution in [0.25, 0.3) is 11.1 Å².